The monoisotopic (exact) mass is 283 g/mol. The maximum atomic E-state index is 11.8. The molecule has 1 aliphatic carbocycles. The maximum absolute atomic E-state index is 11.8. The summed E-state index contributed by atoms with van der Waals surface area (Å²) in [4.78, 5) is 23.4. The van der Waals surface area contributed by atoms with Gasteiger partial charge in [-0.3, -0.25) is 9.59 Å². The molecule has 116 valence electrons. The lowest BCUT2D eigenvalue weighted by Crippen LogP contribution is -2.41. The Labute approximate surface area is 122 Å². The van der Waals surface area contributed by atoms with Crippen molar-refractivity contribution in [2.75, 3.05) is 13.1 Å². The first kappa shape index (κ1) is 17.0. The Morgan fingerprint density at radius 3 is 2.30 bits per heavy atom. The van der Waals surface area contributed by atoms with Gasteiger partial charge in [0.2, 0.25) is 11.8 Å². The Bertz CT molecular complexity index is 312. The summed E-state index contributed by atoms with van der Waals surface area (Å²) in [7, 11) is 0. The minimum atomic E-state index is -0.201. The van der Waals surface area contributed by atoms with E-state index in [-0.39, 0.29) is 23.8 Å². The van der Waals surface area contributed by atoms with Gasteiger partial charge in [-0.2, -0.15) is 0 Å². The highest BCUT2D eigenvalue weighted by molar-refractivity contribution is 5.79. The summed E-state index contributed by atoms with van der Waals surface area (Å²) >= 11 is 0. The van der Waals surface area contributed by atoms with E-state index in [1.165, 1.54) is 32.1 Å². The molecular weight excluding hydrogens is 254 g/mol. The molecule has 0 saturated heterocycles. The van der Waals surface area contributed by atoms with Crippen LogP contribution in [0.3, 0.4) is 0 Å². The van der Waals surface area contributed by atoms with E-state index >= 15 is 0 Å². The number of carbonyl (C=O) groups excluding carboxylic acids is 2. The van der Waals surface area contributed by atoms with Gasteiger partial charge in [0.25, 0.3) is 0 Å². The van der Waals surface area contributed by atoms with Gasteiger partial charge in [-0.05, 0) is 25.7 Å². The molecule has 0 bridgehead atoms. The predicted octanol–water partition coefficient (Wildman–Crippen LogP) is 1.17. The Balaban J connectivity index is 2.08. The highest BCUT2D eigenvalue weighted by Crippen LogP contribution is 2.25. The van der Waals surface area contributed by atoms with Gasteiger partial charge in [0.15, 0.2) is 0 Å². The van der Waals surface area contributed by atoms with E-state index in [1.807, 2.05) is 13.8 Å². The van der Waals surface area contributed by atoms with Crippen LogP contribution in [0.1, 0.15) is 52.4 Å². The zero-order chi connectivity index (χ0) is 15.0. The fourth-order valence-corrected chi connectivity index (χ4v) is 2.51. The molecular formula is C15H29N3O2. The maximum Gasteiger partial charge on any atom is 0.224 e. The van der Waals surface area contributed by atoms with E-state index in [1.54, 1.807) is 0 Å². The van der Waals surface area contributed by atoms with Crippen molar-refractivity contribution in [1.29, 1.82) is 0 Å². The molecule has 2 atom stereocenters. The molecule has 1 fully saturated rings. The summed E-state index contributed by atoms with van der Waals surface area (Å²) < 4.78 is 0. The van der Waals surface area contributed by atoms with Gasteiger partial charge in [0, 0.05) is 31.5 Å². The highest BCUT2D eigenvalue weighted by atomic mass is 16.2. The van der Waals surface area contributed by atoms with Crippen molar-refractivity contribution in [2.45, 2.75) is 58.4 Å². The number of hydrogen-bond donors (Lipinski definition) is 3. The third-order valence-electron chi connectivity index (χ3n) is 4.15. The van der Waals surface area contributed by atoms with Crippen LogP contribution < -0.4 is 16.4 Å². The zero-order valence-corrected chi connectivity index (χ0v) is 12.8. The van der Waals surface area contributed by atoms with Crippen LogP contribution >= 0.6 is 0 Å². The predicted molar refractivity (Wildman–Crippen MR) is 80.0 cm³/mol. The van der Waals surface area contributed by atoms with Crippen molar-refractivity contribution in [2.24, 2.45) is 17.6 Å². The molecule has 5 nitrogen and oxygen atoms in total. The van der Waals surface area contributed by atoms with Crippen LogP contribution in [0.2, 0.25) is 0 Å². The van der Waals surface area contributed by atoms with Crippen molar-refractivity contribution < 1.29 is 9.59 Å². The summed E-state index contributed by atoms with van der Waals surface area (Å²) in [6.07, 6.45) is 6.80. The number of rotatable bonds is 7. The van der Waals surface area contributed by atoms with Crippen LogP contribution in [0.5, 0.6) is 0 Å². The van der Waals surface area contributed by atoms with Crippen LogP contribution in [0, 0.1) is 11.8 Å². The average molecular weight is 283 g/mol. The summed E-state index contributed by atoms with van der Waals surface area (Å²) in [5.74, 6) is 0.400. The Kier molecular flexibility index (Phi) is 7.59. The summed E-state index contributed by atoms with van der Waals surface area (Å²) in [6.45, 7) is 4.58. The smallest absolute Gasteiger partial charge is 0.224 e. The Morgan fingerprint density at radius 2 is 1.70 bits per heavy atom. The number of hydrogen-bond acceptors (Lipinski definition) is 3. The topological polar surface area (TPSA) is 84.2 Å². The summed E-state index contributed by atoms with van der Waals surface area (Å²) in [5, 5.41) is 5.66. The molecule has 0 heterocycles. The van der Waals surface area contributed by atoms with Crippen LogP contribution in [0.25, 0.3) is 0 Å². The second-order valence-electron chi connectivity index (χ2n) is 6.00. The van der Waals surface area contributed by atoms with E-state index in [9.17, 15) is 9.59 Å². The molecule has 1 aliphatic rings. The van der Waals surface area contributed by atoms with Crippen LogP contribution in [-0.4, -0.2) is 30.9 Å². The molecule has 5 heteroatoms. The van der Waals surface area contributed by atoms with Gasteiger partial charge in [-0.25, -0.2) is 0 Å². The lowest BCUT2D eigenvalue weighted by atomic mass is 9.87. The van der Waals surface area contributed by atoms with Crippen LogP contribution in [0.4, 0.5) is 0 Å². The van der Waals surface area contributed by atoms with E-state index < -0.39 is 0 Å². The van der Waals surface area contributed by atoms with Gasteiger partial charge in [0.1, 0.15) is 0 Å². The van der Waals surface area contributed by atoms with Gasteiger partial charge in [-0.15, -0.1) is 0 Å². The molecule has 0 aliphatic heterocycles. The lowest BCUT2D eigenvalue weighted by Gasteiger charge is -2.21. The molecule has 1 saturated carbocycles. The van der Waals surface area contributed by atoms with Crippen LogP contribution in [0.15, 0.2) is 0 Å². The van der Waals surface area contributed by atoms with Crippen molar-refractivity contribution in [3.05, 3.63) is 0 Å². The molecule has 2 amide bonds. The SMILES string of the molecule is CC(N)C(C)C(=O)NCCNC(=O)CC1CCCCC1. The summed E-state index contributed by atoms with van der Waals surface area (Å²) in [5.41, 5.74) is 5.66. The molecule has 4 N–H and O–H groups in total. The number of amides is 2. The number of nitrogens with two attached hydrogens (primary N) is 1. The molecule has 0 aromatic carbocycles. The molecule has 0 aromatic heterocycles. The molecule has 20 heavy (non-hydrogen) atoms. The fourth-order valence-electron chi connectivity index (χ4n) is 2.51. The first-order valence-corrected chi connectivity index (χ1v) is 7.80. The molecule has 0 radical (unpaired) electrons. The molecule has 0 spiro atoms. The molecule has 1 rings (SSSR count). The van der Waals surface area contributed by atoms with Crippen LogP contribution in [-0.2, 0) is 9.59 Å². The quantitative estimate of drug-likeness (QED) is 0.613. The van der Waals surface area contributed by atoms with Gasteiger partial charge in [0.05, 0.1) is 0 Å². The van der Waals surface area contributed by atoms with Crippen molar-refractivity contribution >= 4 is 11.8 Å². The minimum Gasteiger partial charge on any atom is -0.354 e. The second kappa shape index (κ2) is 8.95. The average Bonchev–Trinajstić information content (AvgIpc) is 2.43. The standard InChI is InChI=1S/C15H29N3O2/c1-11(12(2)16)15(20)18-9-8-17-14(19)10-13-6-4-3-5-7-13/h11-13H,3-10,16H2,1-2H3,(H,17,19)(H,18,20). The third-order valence-corrected chi connectivity index (χ3v) is 4.15. The van der Waals surface area contributed by atoms with E-state index in [0.717, 1.165) is 0 Å². The van der Waals surface area contributed by atoms with Crippen molar-refractivity contribution in [3.8, 4) is 0 Å². The van der Waals surface area contributed by atoms with Gasteiger partial charge < -0.3 is 16.4 Å². The summed E-state index contributed by atoms with van der Waals surface area (Å²) in [6, 6.07) is -0.157. The van der Waals surface area contributed by atoms with E-state index in [0.29, 0.717) is 25.4 Å². The van der Waals surface area contributed by atoms with Crippen molar-refractivity contribution in [1.82, 2.24) is 10.6 Å². The lowest BCUT2D eigenvalue weighted by molar-refractivity contribution is -0.125. The van der Waals surface area contributed by atoms with Gasteiger partial charge in [-0.1, -0.05) is 26.2 Å². The fraction of sp³-hybridized carbons (Fsp3) is 0.867. The Hall–Kier alpha value is -1.10. The van der Waals surface area contributed by atoms with Crippen molar-refractivity contribution in [3.63, 3.8) is 0 Å². The van der Waals surface area contributed by atoms with E-state index in [2.05, 4.69) is 10.6 Å². The first-order valence-electron chi connectivity index (χ1n) is 7.80. The molecule has 0 aromatic rings. The largest absolute Gasteiger partial charge is 0.354 e. The number of carbonyl (C=O) groups is 2. The minimum absolute atomic E-state index is 0.0541. The first-order chi connectivity index (χ1) is 9.50. The number of nitrogens with one attached hydrogen (secondary N) is 2. The zero-order valence-electron chi connectivity index (χ0n) is 12.8. The highest BCUT2D eigenvalue weighted by Gasteiger charge is 2.18. The second-order valence-corrected chi connectivity index (χ2v) is 6.00. The Morgan fingerprint density at radius 1 is 1.10 bits per heavy atom. The normalized spacial score (nSPS) is 19.1. The van der Waals surface area contributed by atoms with E-state index in [4.69, 9.17) is 5.73 Å². The molecule has 2 unspecified atom stereocenters. The third kappa shape index (κ3) is 6.37. The van der Waals surface area contributed by atoms with Gasteiger partial charge >= 0.3 is 0 Å².